The summed E-state index contributed by atoms with van der Waals surface area (Å²) in [5.41, 5.74) is 5.86. The van der Waals surface area contributed by atoms with Crippen molar-refractivity contribution in [2.75, 3.05) is 14.1 Å². The Morgan fingerprint density at radius 2 is 2.35 bits per heavy atom. The van der Waals surface area contributed by atoms with Crippen molar-refractivity contribution in [3.8, 4) is 0 Å². The molecule has 1 aliphatic rings. The van der Waals surface area contributed by atoms with Gasteiger partial charge in [-0.05, 0) is 31.5 Å². The van der Waals surface area contributed by atoms with Crippen LogP contribution in [0.1, 0.15) is 19.3 Å². The number of hydrogen-bond donors (Lipinski definition) is 3. The second kappa shape index (κ2) is 6.23. The summed E-state index contributed by atoms with van der Waals surface area (Å²) in [6.07, 6.45) is 2.33. The molecule has 0 saturated carbocycles. The molecule has 0 bridgehead atoms. The highest BCUT2D eigenvalue weighted by Gasteiger charge is 2.31. The van der Waals surface area contributed by atoms with Crippen LogP contribution < -0.4 is 16.4 Å². The molecule has 1 amide bonds. The average molecular weight is 274 g/mol. The van der Waals surface area contributed by atoms with Gasteiger partial charge in [-0.2, -0.15) is 0 Å². The van der Waals surface area contributed by atoms with Gasteiger partial charge in [0.05, 0.1) is 11.0 Å². The van der Waals surface area contributed by atoms with Crippen LogP contribution in [0, 0.1) is 0 Å². The van der Waals surface area contributed by atoms with Crippen molar-refractivity contribution < 1.29 is 4.79 Å². The van der Waals surface area contributed by atoms with Gasteiger partial charge in [0.15, 0.2) is 5.11 Å². The lowest BCUT2D eigenvalue weighted by atomic mass is 10.1. The fraction of sp³-hybridized carbons (Fsp3) is 0.700. The van der Waals surface area contributed by atoms with E-state index in [0.29, 0.717) is 10.1 Å². The van der Waals surface area contributed by atoms with E-state index in [0.717, 1.165) is 19.3 Å². The molecule has 1 aliphatic heterocycles. The normalized spacial score (nSPS) is 21.4. The third-order valence-corrected chi connectivity index (χ3v) is 3.72. The van der Waals surface area contributed by atoms with Crippen LogP contribution >= 0.6 is 24.4 Å². The molecule has 0 radical (unpaired) electrons. The molecule has 0 aromatic heterocycles. The monoisotopic (exact) mass is 274 g/mol. The molecule has 0 spiro atoms. The molecule has 7 heteroatoms. The van der Waals surface area contributed by atoms with Crippen molar-refractivity contribution >= 4 is 40.4 Å². The first-order chi connectivity index (χ1) is 7.97. The Bertz CT molecular complexity index is 334. The summed E-state index contributed by atoms with van der Waals surface area (Å²) in [4.78, 5) is 13.8. The minimum Gasteiger partial charge on any atom is -0.381 e. The Kier molecular flexibility index (Phi) is 5.23. The lowest BCUT2D eigenvalue weighted by Crippen LogP contribution is -2.37. The third kappa shape index (κ3) is 3.58. The summed E-state index contributed by atoms with van der Waals surface area (Å²) in [6, 6.07) is -0.348. The van der Waals surface area contributed by atoms with Crippen molar-refractivity contribution in [2.45, 2.75) is 31.3 Å². The predicted octanol–water partition coefficient (Wildman–Crippen LogP) is -0.254. The first-order valence-corrected chi connectivity index (χ1v) is 6.34. The number of amides is 1. The molecule has 0 unspecified atom stereocenters. The zero-order valence-electron chi connectivity index (χ0n) is 10.0. The van der Waals surface area contributed by atoms with Crippen LogP contribution in [-0.4, -0.2) is 47.1 Å². The van der Waals surface area contributed by atoms with Gasteiger partial charge in [0, 0.05) is 14.1 Å². The molecule has 0 aliphatic carbocycles. The second-order valence-corrected chi connectivity index (χ2v) is 4.88. The molecule has 1 saturated heterocycles. The minimum atomic E-state index is -0.206. The van der Waals surface area contributed by atoms with E-state index in [4.69, 9.17) is 30.2 Å². The van der Waals surface area contributed by atoms with E-state index in [2.05, 4.69) is 10.6 Å². The van der Waals surface area contributed by atoms with Crippen LogP contribution in [0.25, 0.3) is 0 Å². The first-order valence-electron chi connectivity index (χ1n) is 5.52. The van der Waals surface area contributed by atoms with Gasteiger partial charge >= 0.3 is 0 Å². The smallest absolute Gasteiger partial charge is 0.251 e. The number of nitrogens with zero attached hydrogens (tertiary/aromatic N) is 1. The molecule has 1 rings (SSSR count). The first kappa shape index (κ1) is 14.3. The summed E-state index contributed by atoms with van der Waals surface area (Å²) < 4.78 is 0. The lowest BCUT2D eigenvalue weighted by Gasteiger charge is -2.13. The van der Waals surface area contributed by atoms with E-state index in [-0.39, 0.29) is 18.0 Å². The Balaban J connectivity index is 2.31. The Morgan fingerprint density at radius 3 is 2.82 bits per heavy atom. The third-order valence-electron chi connectivity index (χ3n) is 2.82. The molecule has 96 valence electrons. The Labute approximate surface area is 112 Å². The molecule has 2 atom stereocenters. The number of carbonyl (C=O) groups excluding carboxylic acids is 1. The van der Waals surface area contributed by atoms with Crippen LogP contribution in [0.15, 0.2) is 0 Å². The fourth-order valence-corrected chi connectivity index (χ4v) is 2.05. The average Bonchev–Trinajstić information content (AvgIpc) is 2.56. The van der Waals surface area contributed by atoms with E-state index in [1.54, 1.807) is 14.1 Å². The zero-order valence-corrected chi connectivity index (χ0v) is 11.7. The summed E-state index contributed by atoms with van der Waals surface area (Å²) in [5.74, 6) is 0.0276. The minimum absolute atomic E-state index is 0.0276. The number of carbonyl (C=O) groups is 1. The molecule has 5 nitrogen and oxygen atoms in total. The summed E-state index contributed by atoms with van der Waals surface area (Å²) in [7, 11) is 3.44. The second-order valence-electron chi connectivity index (χ2n) is 4.05. The van der Waals surface area contributed by atoms with Gasteiger partial charge in [0.2, 0.25) is 0 Å². The van der Waals surface area contributed by atoms with E-state index in [1.165, 1.54) is 4.90 Å². The van der Waals surface area contributed by atoms with Gasteiger partial charge in [-0.1, -0.05) is 12.2 Å². The lowest BCUT2D eigenvalue weighted by molar-refractivity contribution is -0.126. The SMILES string of the molecule is CNC(=S)[C@@H](N)CCC[C@@H]1NC(=S)N(C)C1=O. The van der Waals surface area contributed by atoms with Crippen LogP contribution in [0.3, 0.4) is 0 Å². The Morgan fingerprint density at radius 1 is 1.71 bits per heavy atom. The molecule has 0 aromatic rings. The van der Waals surface area contributed by atoms with Crippen molar-refractivity contribution in [1.29, 1.82) is 0 Å². The molecule has 0 aromatic carbocycles. The molecule has 4 N–H and O–H groups in total. The van der Waals surface area contributed by atoms with Crippen LogP contribution in [0.5, 0.6) is 0 Å². The van der Waals surface area contributed by atoms with Gasteiger partial charge < -0.3 is 16.4 Å². The van der Waals surface area contributed by atoms with Gasteiger partial charge in [-0.25, -0.2) is 0 Å². The van der Waals surface area contributed by atoms with Crippen LogP contribution in [-0.2, 0) is 4.79 Å². The quantitative estimate of drug-likeness (QED) is 0.601. The van der Waals surface area contributed by atoms with Crippen molar-refractivity contribution in [3.05, 3.63) is 0 Å². The topological polar surface area (TPSA) is 70.4 Å². The van der Waals surface area contributed by atoms with Crippen LogP contribution in [0.2, 0.25) is 0 Å². The number of nitrogens with one attached hydrogen (secondary N) is 2. The van der Waals surface area contributed by atoms with Gasteiger partial charge in [-0.15, -0.1) is 0 Å². The van der Waals surface area contributed by atoms with Crippen LogP contribution in [0.4, 0.5) is 0 Å². The van der Waals surface area contributed by atoms with Gasteiger partial charge in [0.1, 0.15) is 6.04 Å². The number of thiocarbonyl (C=S) groups is 2. The number of hydrogen-bond acceptors (Lipinski definition) is 4. The summed E-state index contributed by atoms with van der Waals surface area (Å²) in [6.45, 7) is 0. The number of nitrogens with two attached hydrogens (primary N) is 1. The fourth-order valence-electron chi connectivity index (χ4n) is 1.70. The highest BCUT2D eigenvalue weighted by atomic mass is 32.1. The highest BCUT2D eigenvalue weighted by molar-refractivity contribution is 7.80. The zero-order chi connectivity index (χ0) is 13.0. The number of likely N-dealkylation sites (N-methyl/N-ethyl adjacent to an activating group) is 2. The van der Waals surface area contributed by atoms with Gasteiger partial charge in [-0.3, -0.25) is 9.69 Å². The molecular weight excluding hydrogens is 256 g/mol. The summed E-state index contributed by atoms with van der Waals surface area (Å²) in [5, 5.41) is 6.35. The van der Waals surface area contributed by atoms with Gasteiger partial charge in [0.25, 0.3) is 5.91 Å². The van der Waals surface area contributed by atoms with Crippen molar-refractivity contribution in [1.82, 2.24) is 15.5 Å². The maximum atomic E-state index is 11.7. The number of rotatable bonds is 5. The molecule has 1 fully saturated rings. The molecule has 17 heavy (non-hydrogen) atoms. The standard InChI is InChI=1S/C10H18N4OS2/c1-12-8(16)6(11)4-3-5-7-9(15)14(2)10(17)13-7/h6-7H,3-5,11H2,1-2H3,(H,12,16)(H,13,17)/t6-,7-/m0/s1. The van der Waals surface area contributed by atoms with E-state index < -0.39 is 0 Å². The van der Waals surface area contributed by atoms with E-state index in [1.807, 2.05) is 0 Å². The maximum Gasteiger partial charge on any atom is 0.251 e. The maximum absolute atomic E-state index is 11.7. The summed E-state index contributed by atoms with van der Waals surface area (Å²) >= 11 is 10.0. The van der Waals surface area contributed by atoms with Crippen molar-refractivity contribution in [3.63, 3.8) is 0 Å². The largest absolute Gasteiger partial charge is 0.381 e. The van der Waals surface area contributed by atoms with E-state index in [9.17, 15) is 4.79 Å². The molecular formula is C10H18N4OS2. The Hall–Kier alpha value is -0.790. The highest BCUT2D eigenvalue weighted by Crippen LogP contribution is 2.11. The molecule has 1 heterocycles. The van der Waals surface area contributed by atoms with Crippen molar-refractivity contribution in [2.24, 2.45) is 5.73 Å². The van der Waals surface area contributed by atoms with E-state index >= 15 is 0 Å². The predicted molar refractivity (Wildman–Crippen MR) is 75.8 cm³/mol.